The molecule has 0 saturated carbocycles. The van der Waals surface area contributed by atoms with Crippen LogP contribution in [-0.2, 0) is 13.1 Å². The van der Waals surface area contributed by atoms with E-state index in [4.69, 9.17) is 5.11 Å². The Hall–Kier alpha value is -1.92. The molecule has 148 valence electrons. The zero-order valence-electron chi connectivity index (χ0n) is 16.2. The maximum Gasteiger partial charge on any atom is 0.120 e. The van der Waals surface area contributed by atoms with Crippen LogP contribution in [0.5, 0.6) is 5.75 Å². The van der Waals surface area contributed by atoms with Gasteiger partial charge in [-0.15, -0.1) is 0 Å². The molecule has 0 atom stereocenters. The van der Waals surface area contributed by atoms with Crippen LogP contribution < -0.4 is 0 Å². The SMILES string of the molecule is Cc1ccccc1CN(CCCCO)CCN(CO)Cc1ccccc1O. The van der Waals surface area contributed by atoms with E-state index in [0.29, 0.717) is 13.1 Å². The standard InChI is InChI=1S/C22H32N2O3/c1-19-8-2-3-9-20(19)16-23(12-6-7-15-25)13-14-24(18-26)17-21-10-4-5-11-22(21)27/h2-5,8-11,25-27H,6-7,12-18H2,1H3. The number of benzene rings is 2. The largest absolute Gasteiger partial charge is 0.508 e. The minimum absolute atomic E-state index is 0.0524. The number of hydrogen-bond acceptors (Lipinski definition) is 5. The van der Waals surface area contributed by atoms with Gasteiger partial charge in [-0.1, -0.05) is 42.5 Å². The van der Waals surface area contributed by atoms with E-state index in [2.05, 4.69) is 36.1 Å². The molecule has 0 aliphatic carbocycles. The van der Waals surface area contributed by atoms with Crippen molar-refractivity contribution in [1.29, 1.82) is 0 Å². The number of aliphatic hydroxyl groups excluding tert-OH is 2. The summed E-state index contributed by atoms with van der Waals surface area (Å²) >= 11 is 0. The van der Waals surface area contributed by atoms with Gasteiger partial charge < -0.3 is 15.3 Å². The molecule has 2 aromatic carbocycles. The third kappa shape index (κ3) is 7.31. The van der Waals surface area contributed by atoms with Crippen LogP contribution in [-0.4, -0.2) is 58.1 Å². The number of phenolic OH excluding ortho intramolecular Hbond substituents is 1. The Morgan fingerprint density at radius 3 is 2.04 bits per heavy atom. The maximum absolute atomic E-state index is 9.96. The van der Waals surface area contributed by atoms with Gasteiger partial charge in [-0.3, -0.25) is 9.80 Å². The first kappa shape index (κ1) is 21.4. The summed E-state index contributed by atoms with van der Waals surface area (Å²) in [6.07, 6.45) is 1.74. The van der Waals surface area contributed by atoms with E-state index in [9.17, 15) is 10.2 Å². The molecule has 5 heteroatoms. The molecular weight excluding hydrogens is 340 g/mol. The lowest BCUT2D eigenvalue weighted by atomic mass is 10.1. The lowest BCUT2D eigenvalue weighted by Gasteiger charge is -2.27. The van der Waals surface area contributed by atoms with Crippen molar-refractivity contribution in [2.24, 2.45) is 0 Å². The summed E-state index contributed by atoms with van der Waals surface area (Å²) in [5.74, 6) is 0.260. The first-order chi connectivity index (χ1) is 13.1. The van der Waals surface area contributed by atoms with Gasteiger partial charge >= 0.3 is 0 Å². The molecule has 0 heterocycles. The monoisotopic (exact) mass is 372 g/mol. The number of aryl methyl sites for hydroxylation is 1. The van der Waals surface area contributed by atoms with Gasteiger partial charge in [0, 0.05) is 38.3 Å². The van der Waals surface area contributed by atoms with E-state index in [1.165, 1.54) is 11.1 Å². The van der Waals surface area contributed by atoms with E-state index in [0.717, 1.165) is 38.0 Å². The molecule has 0 aromatic heterocycles. The molecule has 2 rings (SSSR count). The van der Waals surface area contributed by atoms with Crippen LogP contribution in [0.3, 0.4) is 0 Å². The minimum atomic E-state index is -0.0524. The van der Waals surface area contributed by atoms with E-state index < -0.39 is 0 Å². The molecule has 0 aliphatic heterocycles. The van der Waals surface area contributed by atoms with Crippen molar-refractivity contribution in [3.05, 3.63) is 65.2 Å². The molecule has 0 radical (unpaired) electrons. The van der Waals surface area contributed by atoms with Crippen molar-refractivity contribution in [3.8, 4) is 5.75 Å². The average Bonchev–Trinajstić information content (AvgIpc) is 2.68. The van der Waals surface area contributed by atoms with Gasteiger partial charge in [-0.05, 0) is 43.5 Å². The third-order valence-corrected chi connectivity index (χ3v) is 4.86. The van der Waals surface area contributed by atoms with Crippen LogP contribution in [0.2, 0.25) is 0 Å². The number of aliphatic hydroxyl groups is 2. The number of rotatable bonds is 12. The van der Waals surface area contributed by atoms with Gasteiger partial charge in [0.1, 0.15) is 5.75 Å². The van der Waals surface area contributed by atoms with Crippen molar-refractivity contribution in [2.45, 2.75) is 32.9 Å². The Bertz CT molecular complexity index is 678. The summed E-state index contributed by atoms with van der Waals surface area (Å²) in [7, 11) is 0. The first-order valence-electron chi connectivity index (χ1n) is 9.62. The summed E-state index contributed by atoms with van der Waals surface area (Å²) in [4.78, 5) is 4.29. The van der Waals surface area contributed by atoms with Crippen LogP contribution in [0, 0.1) is 6.92 Å². The lowest BCUT2D eigenvalue weighted by Crippen LogP contribution is -2.36. The number of aromatic hydroxyl groups is 1. The summed E-state index contributed by atoms with van der Waals surface area (Å²) < 4.78 is 0. The van der Waals surface area contributed by atoms with E-state index >= 15 is 0 Å². The summed E-state index contributed by atoms with van der Waals surface area (Å²) in [5.41, 5.74) is 3.40. The number of phenols is 1. The van der Waals surface area contributed by atoms with Crippen LogP contribution >= 0.6 is 0 Å². The highest BCUT2D eigenvalue weighted by molar-refractivity contribution is 5.31. The molecule has 0 spiro atoms. The summed E-state index contributed by atoms with van der Waals surface area (Å²) in [6, 6.07) is 15.6. The Kier molecular flexibility index (Phi) is 9.28. The molecule has 5 nitrogen and oxygen atoms in total. The molecule has 2 aromatic rings. The van der Waals surface area contributed by atoms with E-state index in [1.807, 2.05) is 17.0 Å². The molecule has 0 amide bonds. The predicted molar refractivity (Wildman–Crippen MR) is 108 cm³/mol. The summed E-state index contributed by atoms with van der Waals surface area (Å²) in [5, 5.41) is 28.8. The van der Waals surface area contributed by atoms with Crippen molar-refractivity contribution >= 4 is 0 Å². The molecule has 27 heavy (non-hydrogen) atoms. The van der Waals surface area contributed by atoms with Crippen molar-refractivity contribution in [3.63, 3.8) is 0 Å². The van der Waals surface area contributed by atoms with Crippen molar-refractivity contribution in [2.75, 3.05) is 33.0 Å². The van der Waals surface area contributed by atoms with Crippen LogP contribution in [0.15, 0.2) is 48.5 Å². The zero-order valence-corrected chi connectivity index (χ0v) is 16.2. The van der Waals surface area contributed by atoms with Gasteiger partial charge in [0.05, 0.1) is 6.73 Å². The van der Waals surface area contributed by atoms with Crippen LogP contribution in [0.1, 0.15) is 29.5 Å². The Balaban J connectivity index is 1.96. The van der Waals surface area contributed by atoms with Crippen molar-refractivity contribution < 1.29 is 15.3 Å². The third-order valence-electron chi connectivity index (χ3n) is 4.86. The molecule has 0 aliphatic rings. The van der Waals surface area contributed by atoms with Crippen LogP contribution in [0.25, 0.3) is 0 Å². The van der Waals surface area contributed by atoms with Gasteiger partial charge in [-0.2, -0.15) is 0 Å². The highest BCUT2D eigenvalue weighted by Gasteiger charge is 2.12. The number of para-hydroxylation sites is 1. The maximum atomic E-state index is 9.96. The molecule has 3 N–H and O–H groups in total. The summed E-state index contributed by atoms with van der Waals surface area (Å²) in [6.45, 7) is 6.08. The number of nitrogens with zero attached hydrogens (tertiary/aromatic N) is 2. The fourth-order valence-corrected chi connectivity index (χ4v) is 3.11. The van der Waals surface area contributed by atoms with Gasteiger partial charge in [0.15, 0.2) is 0 Å². The van der Waals surface area contributed by atoms with E-state index in [1.54, 1.807) is 12.1 Å². The van der Waals surface area contributed by atoms with Gasteiger partial charge in [0.25, 0.3) is 0 Å². The fourth-order valence-electron chi connectivity index (χ4n) is 3.11. The molecule has 0 fully saturated rings. The fraction of sp³-hybridized carbons (Fsp3) is 0.455. The van der Waals surface area contributed by atoms with Gasteiger partial charge in [-0.25, -0.2) is 0 Å². The predicted octanol–water partition coefficient (Wildman–Crippen LogP) is 2.73. The normalized spacial score (nSPS) is 11.4. The zero-order chi connectivity index (χ0) is 19.5. The second-order valence-electron chi connectivity index (χ2n) is 6.96. The molecular formula is C22H32N2O3. The highest BCUT2D eigenvalue weighted by Crippen LogP contribution is 2.18. The average molecular weight is 373 g/mol. The van der Waals surface area contributed by atoms with Crippen molar-refractivity contribution in [1.82, 2.24) is 9.80 Å². The Labute approximate surface area is 162 Å². The highest BCUT2D eigenvalue weighted by atomic mass is 16.3. The molecule has 0 bridgehead atoms. The number of hydrogen-bond donors (Lipinski definition) is 3. The van der Waals surface area contributed by atoms with E-state index in [-0.39, 0.29) is 19.1 Å². The van der Waals surface area contributed by atoms with Gasteiger partial charge in [0.2, 0.25) is 0 Å². The second kappa shape index (κ2) is 11.7. The quantitative estimate of drug-likeness (QED) is 0.395. The topological polar surface area (TPSA) is 67.2 Å². The Morgan fingerprint density at radius 1 is 0.741 bits per heavy atom. The first-order valence-corrected chi connectivity index (χ1v) is 9.62. The molecule has 0 unspecified atom stereocenters. The number of unbranched alkanes of at least 4 members (excludes halogenated alkanes) is 1. The minimum Gasteiger partial charge on any atom is -0.508 e. The van der Waals surface area contributed by atoms with Crippen LogP contribution in [0.4, 0.5) is 0 Å². The second-order valence-corrected chi connectivity index (χ2v) is 6.96. The lowest BCUT2D eigenvalue weighted by molar-refractivity contribution is 0.0852. The molecule has 0 saturated heterocycles. The smallest absolute Gasteiger partial charge is 0.120 e. The Morgan fingerprint density at radius 2 is 1.37 bits per heavy atom.